The van der Waals surface area contributed by atoms with Crippen LogP contribution in [0, 0.1) is 5.82 Å². The summed E-state index contributed by atoms with van der Waals surface area (Å²) in [4.78, 5) is 7.82. The fraction of sp³-hybridized carbons (Fsp3) is 0.231. The van der Waals surface area contributed by atoms with E-state index in [0.717, 1.165) is 6.07 Å². The quantitative estimate of drug-likeness (QED) is 0.854. The molecule has 0 radical (unpaired) electrons. The zero-order valence-corrected chi connectivity index (χ0v) is 10.1. The molecule has 2 aromatic rings. The van der Waals surface area contributed by atoms with E-state index in [4.69, 9.17) is 4.74 Å². The Morgan fingerprint density at radius 2 is 1.95 bits per heavy atom. The Kier molecular flexibility index (Phi) is 3.99. The van der Waals surface area contributed by atoms with Crippen molar-refractivity contribution in [1.82, 2.24) is 9.97 Å². The van der Waals surface area contributed by atoms with Crippen LogP contribution in [0.4, 0.5) is 13.2 Å². The second-order valence-corrected chi connectivity index (χ2v) is 3.92. The Bertz CT molecular complexity index is 576. The lowest BCUT2D eigenvalue weighted by molar-refractivity contribution is 0.151. The van der Waals surface area contributed by atoms with E-state index in [1.54, 1.807) is 6.07 Å². The van der Waals surface area contributed by atoms with Crippen molar-refractivity contribution in [2.24, 2.45) is 0 Å². The van der Waals surface area contributed by atoms with E-state index in [2.05, 4.69) is 9.97 Å². The number of nitrogens with zero attached hydrogens (tertiary/aromatic N) is 2. The van der Waals surface area contributed by atoms with Crippen LogP contribution >= 0.6 is 0 Å². The Morgan fingerprint density at radius 1 is 1.16 bits per heavy atom. The van der Waals surface area contributed by atoms with Crippen molar-refractivity contribution in [2.45, 2.75) is 12.8 Å². The topological polar surface area (TPSA) is 35.0 Å². The molecule has 0 unspecified atom stereocenters. The standard InChI is InChI=1S/C13H11F3N2O/c1-19-12-6-11(17-7-18-12)4-8-2-9(13(15)16)5-10(14)3-8/h2-3,5-7,13H,4H2,1H3. The lowest BCUT2D eigenvalue weighted by Gasteiger charge is -2.06. The first kappa shape index (κ1) is 13.3. The minimum atomic E-state index is -2.70. The predicted molar refractivity (Wildman–Crippen MR) is 62.7 cm³/mol. The number of aromatic nitrogens is 2. The van der Waals surface area contributed by atoms with E-state index >= 15 is 0 Å². The third kappa shape index (κ3) is 3.43. The van der Waals surface area contributed by atoms with Crippen molar-refractivity contribution in [3.8, 4) is 5.88 Å². The van der Waals surface area contributed by atoms with Gasteiger partial charge in [-0.1, -0.05) is 0 Å². The molecule has 1 aromatic heterocycles. The summed E-state index contributed by atoms with van der Waals surface area (Å²) >= 11 is 0. The summed E-state index contributed by atoms with van der Waals surface area (Å²) < 4.78 is 43.3. The van der Waals surface area contributed by atoms with Crippen molar-refractivity contribution >= 4 is 0 Å². The number of hydrogen-bond acceptors (Lipinski definition) is 3. The van der Waals surface area contributed by atoms with Crippen LogP contribution in [0.25, 0.3) is 0 Å². The Hall–Kier alpha value is -2.11. The van der Waals surface area contributed by atoms with Crippen LogP contribution in [0.3, 0.4) is 0 Å². The van der Waals surface area contributed by atoms with Gasteiger partial charge in [-0.3, -0.25) is 0 Å². The summed E-state index contributed by atoms with van der Waals surface area (Å²) in [7, 11) is 1.46. The highest BCUT2D eigenvalue weighted by molar-refractivity contribution is 5.29. The molecule has 1 aromatic carbocycles. The highest BCUT2D eigenvalue weighted by Crippen LogP contribution is 2.22. The van der Waals surface area contributed by atoms with Crippen LogP contribution < -0.4 is 4.74 Å². The van der Waals surface area contributed by atoms with Crippen LogP contribution in [0.15, 0.2) is 30.6 Å². The maximum absolute atomic E-state index is 13.2. The van der Waals surface area contributed by atoms with Crippen LogP contribution in [-0.2, 0) is 6.42 Å². The summed E-state index contributed by atoms with van der Waals surface area (Å²) in [5.74, 6) is -0.315. The molecule has 0 saturated heterocycles. The molecule has 0 aliphatic rings. The van der Waals surface area contributed by atoms with Gasteiger partial charge in [-0.2, -0.15) is 0 Å². The summed E-state index contributed by atoms with van der Waals surface area (Å²) in [6, 6.07) is 4.88. The number of alkyl halides is 2. The summed E-state index contributed by atoms with van der Waals surface area (Å²) in [5.41, 5.74) is 0.657. The van der Waals surface area contributed by atoms with Gasteiger partial charge in [-0.25, -0.2) is 23.1 Å². The van der Waals surface area contributed by atoms with Crippen LogP contribution in [0.5, 0.6) is 5.88 Å². The minimum Gasteiger partial charge on any atom is -0.481 e. The predicted octanol–water partition coefficient (Wildman–Crippen LogP) is 3.15. The highest BCUT2D eigenvalue weighted by Gasteiger charge is 2.11. The first-order chi connectivity index (χ1) is 9.08. The van der Waals surface area contributed by atoms with Crippen molar-refractivity contribution in [2.75, 3.05) is 7.11 Å². The lowest BCUT2D eigenvalue weighted by Crippen LogP contribution is -1.97. The van der Waals surface area contributed by atoms with Crippen LogP contribution in [-0.4, -0.2) is 17.1 Å². The van der Waals surface area contributed by atoms with E-state index in [1.807, 2.05) is 0 Å². The lowest BCUT2D eigenvalue weighted by atomic mass is 10.1. The van der Waals surface area contributed by atoms with E-state index in [-0.39, 0.29) is 12.0 Å². The Balaban J connectivity index is 2.27. The summed E-state index contributed by atoms with van der Waals surface area (Å²) in [6.45, 7) is 0. The average molecular weight is 268 g/mol. The number of benzene rings is 1. The molecule has 1 heterocycles. The molecule has 19 heavy (non-hydrogen) atoms. The maximum Gasteiger partial charge on any atom is 0.263 e. The third-order valence-electron chi connectivity index (χ3n) is 2.52. The number of methoxy groups -OCH3 is 1. The van der Waals surface area contributed by atoms with Gasteiger partial charge in [0, 0.05) is 18.1 Å². The summed E-state index contributed by atoms with van der Waals surface area (Å²) in [5, 5.41) is 0. The minimum absolute atomic E-state index is 0.232. The molecule has 0 atom stereocenters. The molecule has 0 N–H and O–H groups in total. The van der Waals surface area contributed by atoms with Gasteiger partial charge in [-0.05, 0) is 23.8 Å². The number of ether oxygens (including phenoxy) is 1. The van der Waals surface area contributed by atoms with Crippen molar-refractivity contribution in [3.05, 3.63) is 53.2 Å². The van der Waals surface area contributed by atoms with E-state index in [9.17, 15) is 13.2 Å². The van der Waals surface area contributed by atoms with Gasteiger partial charge < -0.3 is 4.74 Å². The Morgan fingerprint density at radius 3 is 2.63 bits per heavy atom. The molecule has 0 fully saturated rings. The molecule has 0 spiro atoms. The molecule has 0 bridgehead atoms. The normalized spacial score (nSPS) is 10.8. The second kappa shape index (κ2) is 5.69. The molecule has 0 aliphatic heterocycles. The van der Waals surface area contributed by atoms with E-state index in [0.29, 0.717) is 17.1 Å². The van der Waals surface area contributed by atoms with Gasteiger partial charge in [0.15, 0.2) is 0 Å². The second-order valence-electron chi connectivity index (χ2n) is 3.92. The van der Waals surface area contributed by atoms with E-state index < -0.39 is 12.2 Å². The zero-order chi connectivity index (χ0) is 13.8. The number of rotatable bonds is 4. The fourth-order valence-electron chi connectivity index (χ4n) is 1.70. The smallest absolute Gasteiger partial charge is 0.263 e. The van der Waals surface area contributed by atoms with Crippen molar-refractivity contribution < 1.29 is 17.9 Å². The maximum atomic E-state index is 13.2. The number of halogens is 3. The van der Waals surface area contributed by atoms with Crippen LogP contribution in [0.2, 0.25) is 0 Å². The largest absolute Gasteiger partial charge is 0.481 e. The van der Waals surface area contributed by atoms with Gasteiger partial charge >= 0.3 is 0 Å². The van der Waals surface area contributed by atoms with Gasteiger partial charge in [0.05, 0.1) is 12.8 Å². The molecule has 3 nitrogen and oxygen atoms in total. The zero-order valence-electron chi connectivity index (χ0n) is 10.1. The van der Waals surface area contributed by atoms with Gasteiger partial charge in [0.1, 0.15) is 12.1 Å². The first-order valence-electron chi connectivity index (χ1n) is 5.51. The highest BCUT2D eigenvalue weighted by atomic mass is 19.3. The molecule has 100 valence electrons. The van der Waals surface area contributed by atoms with Gasteiger partial charge in [0.25, 0.3) is 6.43 Å². The molecule has 2 rings (SSSR count). The molecule has 6 heteroatoms. The molecular weight excluding hydrogens is 257 g/mol. The van der Waals surface area contributed by atoms with E-state index in [1.165, 1.54) is 25.6 Å². The van der Waals surface area contributed by atoms with Crippen LogP contribution in [0.1, 0.15) is 23.2 Å². The fourth-order valence-corrected chi connectivity index (χ4v) is 1.70. The van der Waals surface area contributed by atoms with Gasteiger partial charge in [-0.15, -0.1) is 0 Å². The van der Waals surface area contributed by atoms with Gasteiger partial charge in [0.2, 0.25) is 5.88 Å². The Labute approximate surface area is 108 Å². The SMILES string of the molecule is COc1cc(Cc2cc(F)cc(C(F)F)c2)ncn1. The van der Waals surface area contributed by atoms with Crippen molar-refractivity contribution in [1.29, 1.82) is 0 Å². The molecule has 0 aliphatic carbocycles. The monoisotopic (exact) mass is 268 g/mol. The van der Waals surface area contributed by atoms with Crippen molar-refractivity contribution in [3.63, 3.8) is 0 Å². The molecular formula is C13H11F3N2O. The first-order valence-corrected chi connectivity index (χ1v) is 5.51. The third-order valence-corrected chi connectivity index (χ3v) is 2.52. The summed E-state index contributed by atoms with van der Waals surface area (Å²) in [6.07, 6.45) is -1.16. The number of hydrogen-bond donors (Lipinski definition) is 0. The molecule has 0 amide bonds. The average Bonchev–Trinajstić information content (AvgIpc) is 2.38. The molecule has 0 saturated carbocycles.